The molecule has 1 rings (SSSR count). The highest BCUT2D eigenvalue weighted by atomic mass is 16.5. The quantitative estimate of drug-likeness (QED) is 0.789. The third kappa shape index (κ3) is 3.38. The summed E-state index contributed by atoms with van der Waals surface area (Å²) in [4.78, 5) is 11.5. The summed E-state index contributed by atoms with van der Waals surface area (Å²) in [6.45, 7) is 5.69. The predicted molar refractivity (Wildman–Crippen MR) is 72.4 cm³/mol. The van der Waals surface area contributed by atoms with E-state index in [9.17, 15) is 9.90 Å². The number of carbonyl (C=O) groups excluding carboxylic acids is 1. The van der Waals surface area contributed by atoms with E-state index in [1.54, 1.807) is 20.1 Å². The number of esters is 1. The minimum Gasteiger partial charge on any atom is -0.508 e. The second kappa shape index (κ2) is 6.43. The zero-order valence-electron chi connectivity index (χ0n) is 11.8. The van der Waals surface area contributed by atoms with Crippen LogP contribution >= 0.6 is 0 Å². The van der Waals surface area contributed by atoms with Crippen LogP contribution in [0, 0.1) is 13.8 Å². The molecule has 1 aromatic rings. The number of methoxy groups -OCH3 is 1. The van der Waals surface area contributed by atoms with Gasteiger partial charge in [0.1, 0.15) is 17.5 Å². The van der Waals surface area contributed by atoms with Crippen LogP contribution in [-0.2, 0) is 16.0 Å². The molecule has 5 heteroatoms. The summed E-state index contributed by atoms with van der Waals surface area (Å²) in [7, 11) is 1.57. The van der Waals surface area contributed by atoms with Crippen molar-refractivity contribution in [3.05, 3.63) is 22.8 Å². The summed E-state index contributed by atoms with van der Waals surface area (Å²) in [6, 6.07) is 0.816. The molecule has 0 radical (unpaired) electrons. The van der Waals surface area contributed by atoms with Gasteiger partial charge in [-0.1, -0.05) is 0 Å². The van der Waals surface area contributed by atoms with Crippen molar-refractivity contribution in [1.82, 2.24) is 0 Å². The molecule has 106 valence electrons. The van der Waals surface area contributed by atoms with E-state index < -0.39 is 12.0 Å². The van der Waals surface area contributed by atoms with Gasteiger partial charge in [-0.3, -0.25) is 4.79 Å². The number of ether oxygens (including phenoxy) is 2. The average Bonchev–Trinajstić information content (AvgIpc) is 2.34. The van der Waals surface area contributed by atoms with Gasteiger partial charge in [-0.05, 0) is 38.0 Å². The van der Waals surface area contributed by atoms with Crippen molar-refractivity contribution in [1.29, 1.82) is 0 Å². The maximum absolute atomic E-state index is 11.5. The van der Waals surface area contributed by atoms with Gasteiger partial charge >= 0.3 is 5.97 Å². The highest BCUT2D eigenvalue weighted by Crippen LogP contribution is 2.33. The predicted octanol–water partition coefficient (Wildman–Crippen LogP) is 1.45. The maximum Gasteiger partial charge on any atom is 0.323 e. The lowest BCUT2D eigenvalue weighted by Crippen LogP contribution is -2.34. The fourth-order valence-electron chi connectivity index (χ4n) is 2.11. The van der Waals surface area contributed by atoms with Crippen molar-refractivity contribution >= 4 is 5.97 Å². The first-order valence-corrected chi connectivity index (χ1v) is 6.20. The minimum absolute atomic E-state index is 0.121. The van der Waals surface area contributed by atoms with Gasteiger partial charge in [0.05, 0.1) is 13.7 Å². The SMILES string of the molecule is CCOC(=O)C(N)Cc1c(O)cc(C)c(OC)c1C. The van der Waals surface area contributed by atoms with E-state index in [1.807, 2.05) is 13.8 Å². The van der Waals surface area contributed by atoms with Gasteiger partial charge in [0.15, 0.2) is 0 Å². The number of nitrogens with two attached hydrogens (primary N) is 1. The van der Waals surface area contributed by atoms with Crippen LogP contribution < -0.4 is 10.5 Å². The van der Waals surface area contributed by atoms with Crippen molar-refractivity contribution in [2.24, 2.45) is 5.73 Å². The smallest absolute Gasteiger partial charge is 0.323 e. The molecule has 0 aliphatic carbocycles. The number of aryl methyl sites for hydroxylation is 1. The Morgan fingerprint density at radius 2 is 2.11 bits per heavy atom. The number of phenols is 1. The van der Waals surface area contributed by atoms with Crippen LogP contribution in [0.25, 0.3) is 0 Å². The van der Waals surface area contributed by atoms with E-state index in [0.29, 0.717) is 11.3 Å². The largest absolute Gasteiger partial charge is 0.508 e. The molecule has 0 fully saturated rings. The van der Waals surface area contributed by atoms with E-state index >= 15 is 0 Å². The average molecular weight is 267 g/mol. The Morgan fingerprint density at radius 3 is 2.63 bits per heavy atom. The Labute approximate surface area is 113 Å². The van der Waals surface area contributed by atoms with Crippen LogP contribution in [0.2, 0.25) is 0 Å². The van der Waals surface area contributed by atoms with Gasteiger partial charge in [-0.2, -0.15) is 0 Å². The summed E-state index contributed by atoms with van der Waals surface area (Å²) in [5.41, 5.74) is 8.02. The molecule has 0 aliphatic rings. The molecule has 1 unspecified atom stereocenters. The van der Waals surface area contributed by atoms with E-state index in [0.717, 1.165) is 11.1 Å². The zero-order chi connectivity index (χ0) is 14.6. The number of rotatable bonds is 5. The van der Waals surface area contributed by atoms with E-state index in [1.165, 1.54) is 0 Å². The van der Waals surface area contributed by atoms with Crippen molar-refractivity contribution in [3.63, 3.8) is 0 Å². The van der Waals surface area contributed by atoms with Gasteiger partial charge in [-0.15, -0.1) is 0 Å². The summed E-state index contributed by atoms with van der Waals surface area (Å²) < 4.78 is 10.2. The van der Waals surface area contributed by atoms with Crippen LogP contribution in [0.5, 0.6) is 11.5 Å². The molecule has 0 saturated heterocycles. The molecule has 19 heavy (non-hydrogen) atoms. The standard InChI is InChI=1S/C14H21NO4/c1-5-19-14(17)11(15)7-10-9(3)13(18-4)8(2)6-12(10)16/h6,11,16H,5,7,15H2,1-4H3. The van der Waals surface area contributed by atoms with Crippen LogP contribution in [0.4, 0.5) is 0 Å². The normalized spacial score (nSPS) is 12.1. The van der Waals surface area contributed by atoms with Crippen LogP contribution in [0.1, 0.15) is 23.6 Å². The van der Waals surface area contributed by atoms with E-state index in [-0.39, 0.29) is 18.8 Å². The first-order chi connectivity index (χ1) is 8.92. The molecule has 0 aliphatic heterocycles. The Balaban J connectivity index is 3.04. The maximum atomic E-state index is 11.5. The lowest BCUT2D eigenvalue weighted by molar-refractivity contribution is -0.144. The monoisotopic (exact) mass is 267 g/mol. The highest BCUT2D eigenvalue weighted by Gasteiger charge is 2.20. The summed E-state index contributed by atoms with van der Waals surface area (Å²) >= 11 is 0. The number of aromatic hydroxyl groups is 1. The summed E-state index contributed by atoms with van der Waals surface area (Å²) in [6.07, 6.45) is 0.215. The molecule has 5 nitrogen and oxygen atoms in total. The minimum atomic E-state index is -0.794. The number of hydrogen-bond acceptors (Lipinski definition) is 5. The first-order valence-electron chi connectivity index (χ1n) is 6.20. The van der Waals surface area contributed by atoms with Gasteiger partial charge in [0, 0.05) is 12.0 Å². The molecular formula is C14H21NO4. The highest BCUT2D eigenvalue weighted by molar-refractivity contribution is 5.76. The van der Waals surface area contributed by atoms with Crippen LogP contribution in [-0.4, -0.2) is 30.8 Å². The number of carbonyl (C=O) groups is 1. The molecule has 1 atom stereocenters. The summed E-state index contributed by atoms with van der Waals surface area (Å²) in [5.74, 6) is 0.347. The van der Waals surface area contributed by atoms with E-state index in [2.05, 4.69) is 0 Å². The molecule has 1 aromatic carbocycles. The van der Waals surface area contributed by atoms with Crippen LogP contribution in [0.3, 0.4) is 0 Å². The van der Waals surface area contributed by atoms with Crippen LogP contribution in [0.15, 0.2) is 6.07 Å². The van der Waals surface area contributed by atoms with Crippen molar-refractivity contribution < 1.29 is 19.4 Å². The van der Waals surface area contributed by atoms with Crippen molar-refractivity contribution in [3.8, 4) is 11.5 Å². The van der Waals surface area contributed by atoms with Gasteiger partial charge in [0.2, 0.25) is 0 Å². The van der Waals surface area contributed by atoms with Gasteiger partial charge in [0.25, 0.3) is 0 Å². The molecule has 0 heterocycles. The first kappa shape index (κ1) is 15.3. The fraction of sp³-hybridized carbons (Fsp3) is 0.500. The third-order valence-corrected chi connectivity index (χ3v) is 3.03. The molecule has 0 bridgehead atoms. The van der Waals surface area contributed by atoms with Crippen molar-refractivity contribution in [2.45, 2.75) is 33.2 Å². The zero-order valence-corrected chi connectivity index (χ0v) is 11.8. The fourth-order valence-corrected chi connectivity index (χ4v) is 2.11. The number of phenolic OH excluding ortho intramolecular Hbond substituents is 1. The number of hydrogen-bond donors (Lipinski definition) is 2. The summed E-state index contributed by atoms with van der Waals surface area (Å²) in [5, 5.41) is 9.99. The Hall–Kier alpha value is -1.75. The lowest BCUT2D eigenvalue weighted by Gasteiger charge is -2.17. The lowest BCUT2D eigenvalue weighted by atomic mass is 9.97. The number of benzene rings is 1. The van der Waals surface area contributed by atoms with Gasteiger partial charge < -0.3 is 20.3 Å². The second-order valence-corrected chi connectivity index (χ2v) is 4.41. The molecule has 0 amide bonds. The van der Waals surface area contributed by atoms with Gasteiger partial charge in [-0.25, -0.2) is 0 Å². The Morgan fingerprint density at radius 1 is 1.47 bits per heavy atom. The molecular weight excluding hydrogens is 246 g/mol. The second-order valence-electron chi connectivity index (χ2n) is 4.41. The molecule has 0 aromatic heterocycles. The molecule has 0 spiro atoms. The Kier molecular flexibility index (Phi) is 5.18. The third-order valence-electron chi connectivity index (χ3n) is 3.03. The van der Waals surface area contributed by atoms with Crippen molar-refractivity contribution in [2.75, 3.05) is 13.7 Å². The van der Waals surface area contributed by atoms with E-state index in [4.69, 9.17) is 15.2 Å². The molecule has 0 saturated carbocycles. The topological polar surface area (TPSA) is 81.8 Å². The Bertz CT molecular complexity index is 471. The molecule has 3 N–H and O–H groups in total.